The molecular formula is C23H27N7O2. The summed E-state index contributed by atoms with van der Waals surface area (Å²) >= 11 is 0. The van der Waals surface area contributed by atoms with Gasteiger partial charge in [-0.2, -0.15) is 0 Å². The van der Waals surface area contributed by atoms with Gasteiger partial charge in [0.05, 0.1) is 24.6 Å². The van der Waals surface area contributed by atoms with Gasteiger partial charge in [0.15, 0.2) is 11.5 Å². The number of carbonyl (C=O) groups excluding carboxylic acids is 1. The first-order chi connectivity index (χ1) is 15.7. The number of nitrogens with zero attached hydrogens (tertiary/aromatic N) is 6. The average molecular weight is 434 g/mol. The number of pyridine rings is 1. The maximum atomic E-state index is 13.0. The Balaban J connectivity index is 1.21. The highest BCUT2D eigenvalue weighted by atomic mass is 16.5. The molecule has 9 nitrogen and oxygen atoms in total. The van der Waals surface area contributed by atoms with Crippen molar-refractivity contribution in [3.05, 3.63) is 30.2 Å². The van der Waals surface area contributed by atoms with Crippen molar-refractivity contribution in [2.75, 3.05) is 44.3 Å². The van der Waals surface area contributed by atoms with Crippen LogP contribution in [0.1, 0.15) is 37.4 Å². The molecule has 1 aliphatic carbocycles. The number of amides is 1. The van der Waals surface area contributed by atoms with Crippen molar-refractivity contribution >= 4 is 22.9 Å². The topological polar surface area (TPSA) is 100 Å². The number of anilines is 1. The zero-order chi connectivity index (χ0) is 21.5. The van der Waals surface area contributed by atoms with Crippen LogP contribution in [0.2, 0.25) is 0 Å². The molecule has 0 spiro atoms. The van der Waals surface area contributed by atoms with Crippen molar-refractivity contribution < 1.29 is 9.53 Å². The molecule has 3 aromatic rings. The number of H-pyrrole nitrogens is 1. The van der Waals surface area contributed by atoms with Gasteiger partial charge in [-0.15, -0.1) is 0 Å². The van der Waals surface area contributed by atoms with Gasteiger partial charge in [0.25, 0.3) is 0 Å². The van der Waals surface area contributed by atoms with Crippen LogP contribution < -0.4 is 4.90 Å². The fourth-order valence-corrected chi connectivity index (χ4v) is 4.65. The van der Waals surface area contributed by atoms with E-state index in [2.05, 4.69) is 14.9 Å². The molecule has 3 aliphatic rings. The normalized spacial score (nSPS) is 21.8. The summed E-state index contributed by atoms with van der Waals surface area (Å²) in [5.41, 5.74) is 2.36. The Labute approximate surface area is 186 Å². The van der Waals surface area contributed by atoms with Crippen LogP contribution in [-0.4, -0.2) is 75.1 Å². The summed E-state index contributed by atoms with van der Waals surface area (Å²) in [6.07, 6.45) is 6.05. The number of aromatic amines is 1. The van der Waals surface area contributed by atoms with E-state index in [9.17, 15) is 4.79 Å². The summed E-state index contributed by atoms with van der Waals surface area (Å²) in [6, 6.07) is 5.92. The van der Waals surface area contributed by atoms with Crippen molar-refractivity contribution in [2.45, 2.75) is 31.6 Å². The first kappa shape index (κ1) is 19.6. The number of rotatable bonds is 4. The lowest BCUT2D eigenvalue weighted by Crippen LogP contribution is -2.48. The fraction of sp³-hybridized carbons (Fsp3) is 0.522. The van der Waals surface area contributed by atoms with Gasteiger partial charge in [0, 0.05) is 38.3 Å². The lowest BCUT2D eigenvalue weighted by Gasteiger charge is -2.36. The van der Waals surface area contributed by atoms with E-state index in [1.54, 1.807) is 6.20 Å². The Kier molecular flexibility index (Phi) is 4.98. The first-order valence-corrected chi connectivity index (χ1v) is 11.6. The van der Waals surface area contributed by atoms with E-state index >= 15 is 0 Å². The smallest absolute Gasteiger partial charge is 0.227 e. The maximum Gasteiger partial charge on any atom is 0.227 e. The third kappa shape index (κ3) is 3.81. The Morgan fingerprint density at radius 1 is 1.03 bits per heavy atom. The van der Waals surface area contributed by atoms with Crippen molar-refractivity contribution in [3.8, 4) is 11.5 Å². The third-order valence-corrected chi connectivity index (χ3v) is 6.61. The minimum Gasteiger partial charge on any atom is -0.378 e. The summed E-state index contributed by atoms with van der Waals surface area (Å²) in [5, 5.41) is 0. The Bertz CT molecular complexity index is 1140. The largest absolute Gasteiger partial charge is 0.378 e. The van der Waals surface area contributed by atoms with E-state index in [1.165, 1.54) is 12.8 Å². The molecule has 1 amide bonds. The second-order valence-corrected chi connectivity index (χ2v) is 8.92. The number of nitrogens with one attached hydrogen (secondary N) is 1. The zero-order valence-corrected chi connectivity index (χ0v) is 18.0. The second kappa shape index (κ2) is 8.12. The lowest BCUT2D eigenvalue weighted by molar-refractivity contribution is -0.139. The van der Waals surface area contributed by atoms with E-state index < -0.39 is 0 Å². The van der Waals surface area contributed by atoms with Gasteiger partial charge in [-0.1, -0.05) is 0 Å². The monoisotopic (exact) mass is 433 g/mol. The number of piperidine rings is 1. The quantitative estimate of drug-likeness (QED) is 0.674. The van der Waals surface area contributed by atoms with Crippen LogP contribution in [0.5, 0.6) is 0 Å². The number of carbonyl (C=O) groups is 1. The molecule has 0 aromatic carbocycles. The summed E-state index contributed by atoms with van der Waals surface area (Å²) < 4.78 is 5.39. The molecule has 0 radical (unpaired) electrons. The molecule has 1 N–H and O–H groups in total. The van der Waals surface area contributed by atoms with Gasteiger partial charge in [-0.3, -0.25) is 4.79 Å². The zero-order valence-electron chi connectivity index (χ0n) is 18.0. The van der Waals surface area contributed by atoms with Crippen LogP contribution in [0, 0.1) is 5.92 Å². The first-order valence-electron chi connectivity index (χ1n) is 11.6. The summed E-state index contributed by atoms with van der Waals surface area (Å²) in [4.78, 5) is 39.1. The molecule has 3 fully saturated rings. The van der Waals surface area contributed by atoms with Gasteiger partial charge in [-0.25, -0.2) is 19.9 Å². The lowest BCUT2D eigenvalue weighted by atomic mass is 9.96. The van der Waals surface area contributed by atoms with Gasteiger partial charge in [0.1, 0.15) is 17.3 Å². The third-order valence-electron chi connectivity index (χ3n) is 6.61. The number of aromatic nitrogens is 5. The Hall–Kier alpha value is -3.07. The van der Waals surface area contributed by atoms with Crippen molar-refractivity contribution in [2.24, 2.45) is 5.92 Å². The highest BCUT2D eigenvalue weighted by Crippen LogP contribution is 2.38. The van der Waals surface area contributed by atoms with Crippen LogP contribution in [0.25, 0.3) is 22.7 Å². The van der Waals surface area contributed by atoms with E-state index in [1.807, 2.05) is 23.1 Å². The number of morpholine rings is 1. The Morgan fingerprint density at radius 2 is 1.91 bits per heavy atom. The maximum absolute atomic E-state index is 13.0. The van der Waals surface area contributed by atoms with E-state index in [-0.39, 0.29) is 11.8 Å². The van der Waals surface area contributed by atoms with Gasteiger partial charge in [-0.05, 0) is 43.9 Å². The Morgan fingerprint density at radius 3 is 2.75 bits per heavy atom. The van der Waals surface area contributed by atoms with Crippen molar-refractivity contribution in [1.29, 1.82) is 0 Å². The molecule has 0 bridgehead atoms. The average Bonchev–Trinajstić information content (AvgIpc) is 3.62. The predicted octanol–water partition coefficient (Wildman–Crippen LogP) is 2.37. The van der Waals surface area contributed by atoms with Crippen molar-refractivity contribution in [3.63, 3.8) is 0 Å². The summed E-state index contributed by atoms with van der Waals surface area (Å²) in [6.45, 7) is 4.26. The molecular weight excluding hydrogens is 406 g/mol. The standard InChI is InChI=1S/C23H27N7O2/c31-23(29-10-12-32-13-11-29)16-2-1-9-30(14-16)19-6-5-17-22(27-19)28-21(26-17)18-7-8-24-20(25-18)15-3-4-15/h5-8,15-16H,1-4,9-14H2,(H,26,27,28). The van der Waals surface area contributed by atoms with Crippen LogP contribution in [-0.2, 0) is 9.53 Å². The number of hydrogen-bond acceptors (Lipinski definition) is 7. The van der Waals surface area contributed by atoms with Crippen LogP contribution in [0.4, 0.5) is 5.82 Å². The highest BCUT2D eigenvalue weighted by molar-refractivity contribution is 5.80. The van der Waals surface area contributed by atoms with Crippen LogP contribution in [0.15, 0.2) is 24.4 Å². The summed E-state index contributed by atoms with van der Waals surface area (Å²) in [5.74, 6) is 3.24. The highest BCUT2D eigenvalue weighted by Gasteiger charge is 2.31. The molecule has 9 heteroatoms. The predicted molar refractivity (Wildman–Crippen MR) is 119 cm³/mol. The number of hydrogen-bond donors (Lipinski definition) is 1. The molecule has 1 atom stereocenters. The van der Waals surface area contributed by atoms with E-state index in [4.69, 9.17) is 19.7 Å². The molecule has 1 unspecified atom stereocenters. The minimum absolute atomic E-state index is 0.0101. The number of fused-ring (bicyclic) bond motifs is 1. The van der Waals surface area contributed by atoms with Gasteiger partial charge >= 0.3 is 0 Å². The molecule has 2 aliphatic heterocycles. The second-order valence-electron chi connectivity index (χ2n) is 8.92. The fourth-order valence-electron chi connectivity index (χ4n) is 4.65. The number of ether oxygens (including phenoxy) is 1. The van der Waals surface area contributed by atoms with Gasteiger partial charge in [0.2, 0.25) is 5.91 Å². The SMILES string of the molecule is O=C(C1CCCN(c2ccc3[nH]c(-c4ccnc(C5CC5)n4)nc3n2)C1)N1CCOCC1. The summed E-state index contributed by atoms with van der Waals surface area (Å²) in [7, 11) is 0. The molecule has 2 saturated heterocycles. The molecule has 3 aromatic heterocycles. The number of imidazole rings is 1. The molecule has 166 valence electrons. The van der Waals surface area contributed by atoms with Gasteiger partial charge < -0.3 is 19.5 Å². The minimum atomic E-state index is 0.0101. The molecule has 32 heavy (non-hydrogen) atoms. The molecule has 5 heterocycles. The molecule has 1 saturated carbocycles. The van der Waals surface area contributed by atoms with Crippen molar-refractivity contribution in [1.82, 2.24) is 29.8 Å². The van der Waals surface area contributed by atoms with Crippen LogP contribution >= 0.6 is 0 Å². The van der Waals surface area contributed by atoms with Crippen LogP contribution in [0.3, 0.4) is 0 Å². The molecule has 6 rings (SSSR count). The van der Waals surface area contributed by atoms with E-state index in [0.717, 1.165) is 42.2 Å². The van der Waals surface area contributed by atoms with E-state index in [0.29, 0.717) is 50.2 Å².